The van der Waals surface area contributed by atoms with Gasteiger partial charge in [0.15, 0.2) is 0 Å². The van der Waals surface area contributed by atoms with Gasteiger partial charge in [-0.1, -0.05) is 24.8 Å². The van der Waals surface area contributed by atoms with E-state index in [9.17, 15) is 4.79 Å². The second-order valence-electron chi connectivity index (χ2n) is 4.37. The van der Waals surface area contributed by atoms with Gasteiger partial charge in [-0.3, -0.25) is 4.79 Å². The molecule has 2 rings (SSSR count). The molecular formula is C14H16N2O3. The van der Waals surface area contributed by atoms with Crippen LogP contribution in [0, 0.1) is 0 Å². The van der Waals surface area contributed by atoms with Crippen molar-refractivity contribution in [1.82, 2.24) is 5.32 Å². The van der Waals surface area contributed by atoms with Crippen LogP contribution in [0.15, 0.2) is 47.6 Å². The fraction of sp³-hybridized carbons (Fsp3) is 0.286. The predicted molar refractivity (Wildman–Crippen MR) is 71.6 cm³/mol. The van der Waals surface area contributed by atoms with Crippen LogP contribution in [0.1, 0.15) is 23.7 Å². The highest BCUT2D eigenvalue weighted by atomic mass is 16.7. The van der Waals surface area contributed by atoms with E-state index in [1.54, 1.807) is 12.1 Å². The van der Waals surface area contributed by atoms with Crippen molar-refractivity contribution in [3.63, 3.8) is 0 Å². The highest BCUT2D eigenvalue weighted by Crippen LogP contribution is 2.10. The maximum Gasteiger partial charge on any atom is 0.254 e. The minimum absolute atomic E-state index is 0.193. The highest BCUT2D eigenvalue weighted by molar-refractivity contribution is 5.94. The van der Waals surface area contributed by atoms with Crippen LogP contribution in [-0.4, -0.2) is 24.6 Å². The molecular weight excluding hydrogens is 244 g/mol. The Morgan fingerprint density at radius 2 is 2.26 bits per heavy atom. The molecule has 0 saturated heterocycles. The molecule has 1 atom stereocenters. The van der Waals surface area contributed by atoms with Gasteiger partial charge in [-0.05, 0) is 29.8 Å². The van der Waals surface area contributed by atoms with Crippen molar-refractivity contribution in [3.05, 3.63) is 48.0 Å². The molecule has 0 aliphatic carbocycles. The quantitative estimate of drug-likeness (QED) is 0.843. The summed E-state index contributed by atoms with van der Waals surface area (Å²) in [5.41, 5.74) is 1.49. The van der Waals surface area contributed by atoms with Gasteiger partial charge in [0.1, 0.15) is 6.61 Å². The number of nitrogens with one attached hydrogen (secondary N) is 1. The van der Waals surface area contributed by atoms with Crippen LogP contribution in [0.3, 0.4) is 0 Å². The number of carbonyl (C=O) groups is 1. The molecule has 0 spiro atoms. The Morgan fingerprint density at radius 3 is 2.95 bits per heavy atom. The van der Waals surface area contributed by atoms with Crippen LogP contribution in [0.4, 0.5) is 0 Å². The molecule has 1 aromatic rings. The van der Waals surface area contributed by atoms with Crippen LogP contribution in [0.2, 0.25) is 0 Å². The number of hydrogen-bond donors (Lipinski definition) is 1. The number of amides is 1. The Hall–Kier alpha value is -2.30. The van der Waals surface area contributed by atoms with Gasteiger partial charge >= 0.3 is 0 Å². The van der Waals surface area contributed by atoms with E-state index in [0.29, 0.717) is 24.5 Å². The number of ether oxygens (including phenoxy) is 1. The molecule has 19 heavy (non-hydrogen) atoms. The van der Waals surface area contributed by atoms with Gasteiger partial charge in [0.25, 0.3) is 5.91 Å². The zero-order valence-corrected chi connectivity index (χ0v) is 10.8. The lowest BCUT2D eigenvalue weighted by Gasteiger charge is -2.10. The van der Waals surface area contributed by atoms with Gasteiger partial charge < -0.3 is 14.9 Å². The van der Waals surface area contributed by atoms with Gasteiger partial charge in [-0.25, -0.2) is 0 Å². The molecule has 5 nitrogen and oxygen atoms in total. The van der Waals surface area contributed by atoms with E-state index in [2.05, 4.69) is 17.1 Å². The molecule has 1 heterocycles. The summed E-state index contributed by atoms with van der Waals surface area (Å²) in [6, 6.07) is 8.95. The Morgan fingerprint density at radius 1 is 1.53 bits per heavy atom. The largest absolute Gasteiger partial charge is 0.474 e. The number of carbonyl (C=O) groups excluding carboxylic acids is 1. The lowest BCUT2D eigenvalue weighted by Crippen LogP contribution is -2.35. The monoisotopic (exact) mass is 260 g/mol. The lowest BCUT2D eigenvalue weighted by atomic mass is 10.2. The molecule has 0 fully saturated rings. The minimum atomic E-state index is -0.479. The Bertz CT molecular complexity index is 497. The van der Waals surface area contributed by atoms with Crippen LogP contribution >= 0.6 is 0 Å². The maximum absolute atomic E-state index is 11.9. The summed E-state index contributed by atoms with van der Waals surface area (Å²) in [6.07, 6.45) is -0.0564. The van der Waals surface area contributed by atoms with Crippen molar-refractivity contribution in [2.24, 2.45) is 5.16 Å². The van der Waals surface area contributed by atoms with E-state index < -0.39 is 6.23 Å². The lowest BCUT2D eigenvalue weighted by molar-refractivity contribution is 0.0501. The average Bonchev–Trinajstić information content (AvgIpc) is 2.85. The summed E-state index contributed by atoms with van der Waals surface area (Å²) in [7, 11) is 0. The molecule has 1 aromatic carbocycles. The van der Waals surface area contributed by atoms with E-state index in [1.807, 2.05) is 25.1 Å². The van der Waals surface area contributed by atoms with Crippen LogP contribution < -0.4 is 5.32 Å². The van der Waals surface area contributed by atoms with Crippen molar-refractivity contribution in [3.8, 4) is 0 Å². The van der Waals surface area contributed by atoms with Gasteiger partial charge in [0.05, 0.1) is 6.42 Å². The first kappa shape index (κ1) is 13.1. The molecule has 1 aliphatic rings. The number of oxime groups is 1. The second-order valence-corrected chi connectivity index (χ2v) is 4.37. The third-order valence-corrected chi connectivity index (χ3v) is 2.46. The topological polar surface area (TPSA) is 59.9 Å². The average molecular weight is 260 g/mol. The molecule has 0 saturated carbocycles. The molecule has 1 amide bonds. The first-order valence-corrected chi connectivity index (χ1v) is 6.01. The standard InChI is InChI=1S/C14H16N2O3/c1-10(2)9-18-13-8-12(19-16-13)15-14(17)11-6-4-3-5-7-11/h3-7,12H,1,8-9H2,2H3,(H,15,17). The van der Waals surface area contributed by atoms with Gasteiger partial charge in [0, 0.05) is 5.56 Å². The van der Waals surface area contributed by atoms with E-state index >= 15 is 0 Å². The fourth-order valence-electron chi connectivity index (χ4n) is 1.54. The van der Waals surface area contributed by atoms with E-state index in [4.69, 9.17) is 9.57 Å². The zero-order valence-electron chi connectivity index (χ0n) is 10.8. The van der Waals surface area contributed by atoms with Crippen LogP contribution in [-0.2, 0) is 9.57 Å². The molecule has 1 aliphatic heterocycles. The summed E-state index contributed by atoms with van der Waals surface area (Å²) in [5, 5.41) is 6.51. The molecule has 100 valence electrons. The van der Waals surface area contributed by atoms with E-state index in [-0.39, 0.29) is 5.91 Å². The first-order valence-electron chi connectivity index (χ1n) is 6.01. The SMILES string of the molecule is C=C(C)COC1=NOC(NC(=O)c2ccccc2)C1. The van der Waals surface area contributed by atoms with Gasteiger partial charge in [-0.2, -0.15) is 0 Å². The van der Waals surface area contributed by atoms with Crippen molar-refractivity contribution >= 4 is 11.8 Å². The van der Waals surface area contributed by atoms with E-state index in [0.717, 1.165) is 5.57 Å². The fourth-order valence-corrected chi connectivity index (χ4v) is 1.54. The zero-order chi connectivity index (χ0) is 13.7. The maximum atomic E-state index is 11.9. The molecule has 0 radical (unpaired) electrons. The molecule has 5 heteroatoms. The summed E-state index contributed by atoms with van der Waals surface area (Å²) in [6.45, 7) is 6.00. The smallest absolute Gasteiger partial charge is 0.254 e. The van der Waals surface area contributed by atoms with Crippen molar-refractivity contribution in [1.29, 1.82) is 0 Å². The second kappa shape index (κ2) is 6.04. The van der Waals surface area contributed by atoms with Crippen molar-refractivity contribution in [2.75, 3.05) is 6.61 Å². The molecule has 1 N–H and O–H groups in total. The predicted octanol–water partition coefficient (Wildman–Crippen LogP) is 2.07. The normalized spacial score (nSPS) is 17.3. The van der Waals surface area contributed by atoms with Gasteiger partial charge in [0.2, 0.25) is 12.1 Å². The molecule has 1 unspecified atom stereocenters. The number of rotatable bonds is 4. The highest BCUT2D eigenvalue weighted by Gasteiger charge is 2.24. The van der Waals surface area contributed by atoms with Crippen molar-refractivity contribution < 1.29 is 14.4 Å². The summed E-state index contributed by atoms with van der Waals surface area (Å²) in [4.78, 5) is 17.0. The summed E-state index contributed by atoms with van der Waals surface area (Å²) < 4.78 is 5.36. The molecule has 0 bridgehead atoms. The molecule has 0 aromatic heterocycles. The Balaban J connectivity index is 1.80. The third kappa shape index (κ3) is 3.84. The Labute approximate surface area is 111 Å². The summed E-state index contributed by atoms with van der Waals surface area (Å²) in [5.74, 6) is 0.281. The van der Waals surface area contributed by atoms with Crippen molar-refractivity contribution in [2.45, 2.75) is 19.6 Å². The van der Waals surface area contributed by atoms with Crippen LogP contribution in [0.5, 0.6) is 0 Å². The number of benzene rings is 1. The van der Waals surface area contributed by atoms with Crippen LogP contribution in [0.25, 0.3) is 0 Å². The first-order chi connectivity index (χ1) is 9.15. The Kier molecular flexibility index (Phi) is 4.18. The number of hydrogen-bond acceptors (Lipinski definition) is 4. The van der Waals surface area contributed by atoms with Gasteiger partial charge in [-0.15, -0.1) is 0 Å². The third-order valence-electron chi connectivity index (χ3n) is 2.46. The summed E-state index contributed by atoms with van der Waals surface area (Å²) >= 11 is 0. The minimum Gasteiger partial charge on any atom is -0.474 e. The van der Waals surface area contributed by atoms with E-state index in [1.165, 1.54) is 0 Å². The number of nitrogens with zero attached hydrogens (tertiary/aromatic N) is 1.